The summed E-state index contributed by atoms with van der Waals surface area (Å²) in [6.07, 6.45) is 0. The minimum absolute atomic E-state index is 0.491. The van der Waals surface area contributed by atoms with E-state index >= 15 is 0 Å². The molecule has 0 fully saturated rings. The molecular weight excluding hydrogens is 905 g/mol. The van der Waals surface area contributed by atoms with Gasteiger partial charge in [0.2, 0.25) is 0 Å². The van der Waals surface area contributed by atoms with Crippen molar-refractivity contribution in [3.05, 3.63) is 326 Å². The average molecular weight is 955 g/mol. The number of para-hydroxylation sites is 1. The van der Waals surface area contributed by atoms with E-state index in [1.807, 2.05) is 0 Å². The van der Waals surface area contributed by atoms with Crippen LogP contribution >= 0.6 is 0 Å². The van der Waals surface area contributed by atoms with Gasteiger partial charge in [-0.05, 0) is 139 Å². The first kappa shape index (κ1) is 44.0. The van der Waals surface area contributed by atoms with Crippen molar-refractivity contribution in [2.45, 2.75) is 5.41 Å². The molecular formula is C73H50N2. The van der Waals surface area contributed by atoms with Crippen LogP contribution in [0.2, 0.25) is 0 Å². The third kappa shape index (κ3) is 7.49. The predicted molar refractivity (Wildman–Crippen MR) is 315 cm³/mol. The van der Waals surface area contributed by atoms with E-state index in [1.54, 1.807) is 0 Å². The molecule has 2 heteroatoms. The second-order valence-corrected chi connectivity index (χ2v) is 19.6. The highest BCUT2D eigenvalue weighted by atomic mass is 15.1. The van der Waals surface area contributed by atoms with Gasteiger partial charge in [0.25, 0.3) is 0 Å². The molecule has 0 unspecified atom stereocenters. The molecule has 0 saturated heterocycles. The Morgan fingerprint density at radius 3 is 1.23 bits per heavy atom. The molecule has 0 amide bonds. The maximum absolute atomic E-state index is 2.48. The molecule has 13 aromatic rings. The first-order chi connectivity index (χ1) is 37.2. The van der Waals surface area contributed by atoms with Gasteiger partial charge in [-0.1, -0.05) is 243 Å². The van der Waals surface area contributed by atoms with Crippen LogP contribution in [0.5, 0.6) is 0 Å². The summed E-state index contributed by atoms with van der Waals surface area (Å²) in [4.78, 5) is 2.38. The summed E-state index contributed by atoms with van der Waals surface area (Å²) in [7, 11) is 0. The second-order valence-electron chi connectivity index (χ2n) is 19.6. The molecule has 2 nitrogen and oxygen atoms in total. The Balaban J connectivity index is 0.857. The summed E-state index contributed by atoms with van der Waals surface area (Å²) in [5.74, 6) is 0. The van der Waals surface area contributed by atoms with Crippen molar-refractivity contribution >= 4 is 38.9 Å². The maximum atomic E-state index is 2.48. The SMILES string of the molecule is c1ccc(-c2cccc(N(c3cccc(-c4ccccc4)c3)c3cccc(-c4ccc(-c5ccc6c7ccccc7n(-c7ccc8c(c7)C(c7ccccc7)(c7ccccc7)c7ccccc7-8)c6c5)cc4)c3)c2)cc1. The highest BCUT2D eigenvalue weighted by molar-refractivity contribution is 6.10. The molecule has 0 bridgehead atoms. The molecule has 0 N–H and O–H groups in total. The van der Waals surface area contributed by atoms with Crippen LogP contribution in [-0.2, 0) is 5.41 Å². The standard InChI is InChI=1S/C73H50N2/c1-5-20-51(21-6-1)55-24-17-31-61(46-55)74(62-32-18-25-56(47-62)52-22-7-2-8-23-52)63-33-19-26-57(48-63)53-38-40-54(41-39-53)58-42-44-68-67-35-14-16-37-71(67)75(72(68)49-58)64-43-45-66-65-34-13-15-36-69(65)73(70(66)50-64,59-27-9-3-10-28-59)60-29-11-4-12-30-60/h1-50H. The van der Waals surface area contributed by atoms with Gasteiger partial charge in [-0.25, -0.2) is 0 Å². The largest absolute Gasteiger partial charge is 0.310 e. The first-order valence-corrected chi connectivity index (χ1v) is 25.9. The quantitative estimate of drug-likeness (QED) is 0.133. The van der Waals surface area contributed by atoms with Crippen molar-refractivity contribution in [3.63, 3.8) is 0 Å². The molecule has 75 heavy (non-hydrogen) atoms. The van der Waals surface area contributed by atoms with Crippen molar-refractivity contribution in [3.8, 4) is 61.3 Å². The highest BCUT2D eigenvalue weighted by Gasteiger charge is 2.46. The van der Waals surface area contributed by atoms with Gasteiger partial charge in [-0.2, -0.15) is 0 Å². The van der Waals surface area contributed by atoms with Crippen LogP contribution in [0, 0.1) is 0 Å². The van der Waals surface area contributed by atoms with Crippen LogP contribution < -0.4 is 4.90 Å². The third-order valence-corrected chi connectivity index (χ3v) is 15.5. The third-order valence-electron chi connectivity index (χ3n) is 15.5. The number of benzene rings is 12. The van der Waals surface area contributed by atoms with E-state index in [0.717, 1.165) is 33.9 Å². The second kappa shape index (κ2) is 18.4. The molecule has 0 radical (unpaired) electrons. The number of hydrogen-bond donors (Lipinski definition) is 0. The van der Waals surface area contributed by atoms with Crippen molar-refractivity contribution in [2.24, 2.45) is 0 Å². The van der Waals surface area contributed by atoms with Gasteiger partial charge in [0.1, 0.15) is 0 Å². The number of anilines is 3. The molecule has 1 aliphatic carbocycles. The van der Waals surface area contributed by atoms with E-state index in [0.29, 0.717) is 0 Å². The van der Waals surface area contributed by atoms with Gasteiger partial charge in [0, 0.05) is 33.5 Å². The van der Waals surface area contributed by atoms with Crippen molar-refractivity contribution in [1.82, 2.24) is 4.57 Å². The molecule has 1 aromatic heterocycles. The van der Waals surface area contributed by atoms with Crippen LogP contribution in [0.25, 0.3) is 83.1 Å². The van der Waals surface area contributed by atoms with Crippen LogP contribution in [0.3, 0.4) is 0 Å². The van der Waals surface area contributed by atoms with Crippen LogP contribution in [0.15, 0.2) is 303 Å². The van der Waals surface area contributed by atoms with Gasteiger partial charge in [-0.15, -0.1) is 0 Å². The highest BCUT2D eigenvalue weighted by Crippen LogP contribution is 2.56. The zero-order valence-corrected chi connectivity index (χ0v) is 41.3. The van der Waals surface area contributed by atoms with Gasteiger partial charge >= 0.3 is 0 Å². The van der Waals surface area contributed by atoms with Crippen LogP contribution in [-0.4, -0.2) is 4.57 Å². The topological polar surface area (TPSA) is 8.17 Å². The monoisotopic (exact) mass is 954 g/mol. The van der Waals surface area contributed by atoms with Gasteiger partial charge in [0.05, 0.1) is 16.4 Å². The van der Waals surface area contributed by atoms with E-state index in [9.17, 15) is 0 Å². The Hall–Kier alpha value is -9.76. The fourth-order valence-electron chi connectivity index (χ4n) is 12.0. The molecule has 352 valence electrons. The van der Waals surface area contributed by atoms with E-state index in [4.69, 9.17) is 0 Å². The van der Waals surface area contributed by atoms with Crippen molar-refractivity contribution in [1.29, 1.82) is 0 Å². The molecule has 1 aliphatic rings. The Morgan fingerprint density at radius 2 is 0.667 bits per heavy atom. The smallest absolute Gasteiger partial charge is 0.0714 e. The number of nitrogens with zero attached hydrogens (tertiary/aromatic N) is 2. The fraction of sp³-hybridized carbons (Fsp3) is 0.0137. The Labute approximate surface area is 438 Å². The molecule has 14 rings (SSSR count). The molecule has 0 aliphatic heterocycles. The first-order valence-electron chi connectivity index (χ1n) is 25.9. The lowest BCUT2D eigenvalue weighted by molar-refractivity contribution is 0.767. The fourth-order valence-corrected chi connectivity index (χ4v) is 12.0. The molecule has 12 aromatic carbocycles. The molecule has 0 atom stereocenters. The van der Waals surface area contributed by atoms with Crippen molar-refractivity contribution < 1.29 is 0 Å². The number of rotatable bonds is 10. The zero-order chi connectivity index (χ0) is 49.7. The van der Waals surface area contributed by atoms with Crippen LogP contribution in [0.1, 0.15) is 22.3 Å². The number of hydrogen-bond acceptors (Lipinski definition) is 1. The Bertz CT molecular complexity index is 4090. The average Bonchev–Trinajstić information content (AvgIpc) is 4.04. The van der Waals surface area contributed by atoms with Gasteiger partial charge in [0.15, 0.2) is 0 Å². The minimum atomic E-state index is -0.491. The summed E-state index contributed by atoms with van der Waals surface area (Å²) in [5, 5.41) is 2.47. The normalized spacial score (nSPS) is 12.4. The predicted octanol–water partition coefficient (Wildman–Crippen LogP) is 19.3. The summed E-state index contributed by atoms with van der Waals surface area (Å²) in [6, 6.07) is 111. The van der Waals surface area contributed by atoms with E-state index < -0.39 is 5.41 Å². The maximum Gasteiger partial charge on any atom is 0.0714 e. The summed E-state index contributed by atoms with van der Waals surface area (Å²) in [6.45, 7) is 0. The van der Waals surface area contributed by atoms with E-state index in [-0.39, 0.29) is 0 Å². The van der Waals surface area contributed by atoms with Gasteiger partial charge in [-0.3, -0.25) is 0 Å². The lowest BCUT2D eigenvalue weighted by Crippen LogP contribution is -2.28. The Morgan fingerprint density at radius 1 is 0.253 bits per heavy atom. The zero-order valence-electron chi connectivity index (χ0n) is 41.3. The number of fused-ring (bicyclic) bond motifs is 6. The molecule has 1 heterocycles. The van der Waals surface area contributed by atoms with E-state index in [2.05, 4.69) is 313 Å². The van der Waals surface area contributed by atoms with Crippen molar-refractivity contribution in [2.75, 3.05) is 4.90 Å². The van der Waals surface area contributed by atoms with E-state index in [1.165, 1.54) is 88.6 Å². The lowest BCUT2D eigenvalue weighted by Gasteiger charge is -2.34. The van der Waals surface area contributed by atoms with Gasteiger partial charge < -0.3 is 9.47 Å². The molecule has 0 spiro atoms. The number of aromatic nitrogens is 1. The summed E-state index contributed by atoms with van der Waals surface area (Å²) < 4.78 is 2.48. The lowest BCUT2D eigenvalue weighted by atomic mass is 9.67. The van der Waals surface area contributed by atoms with Crippen LogP contribution in [0.4, 0.5) is 17.1 Å². The summed E-state index contributed by atoms with van der Waals surface area (Å²) in [5.41, 5.74) is 23.4. The Kier molecular flexibility index (Phi) is 10.8. The minimum Gasteiger partial charge on any atom is -0.310 e. The molecule has 0 saturated carbocycles. The summed E-state index contributed by atoms with van der Waals surface area (Å²) >= 11 is 0.